The minimum absolute atomic E-state index is 0.0417. The van der Waals surface area contributed by atoms with Crippen molar-refractivity contribution >= 4 is 17.5 Å². The molecule has 1 saturated heterocycles. The first-order valence-corrected chi connectivity index (χ1v) is 10.4. The number of hydrogen-bond donors (Lipinski definition) is 0. The molecule has 6 nitrogen and oxygen atoms in total. The molecule has 1 fully saturated rings. The van der Waals surface area contributed by atoms with Crippen molar-refractivity contribution in [2.75, 3.05) is 13.2 Å². The average molecular weight is 396 g/mol. The van der Waals surface area contributed by atoms with E-state index in [0.29, 0.717) is 36.4 Å². The van der Waals surface area contributed by atoms with Gasteiger partial charge < -0.3 is 9.47 Å². The van der Waals surface area contributed by atoms with Crippen LogP contribution in [0.4, 0.5) is 0 Å². The molecule has 0 spiro atoms. The number of aromatic nitrogens is 1. The zero-order valence-electron chi connectivity index (χ0n) is 17.3. The van der Waals surface area contributed by atoms with Crippen LogP contribution in [0.3, 0.4) is 0 Å². The van der Waals surface area contributed by atoms with E-state index in [-0.39, 0.29) is 29.9 Å². The second kappa shape index (κ2) is 7.82. The van der Waals surface area contributed by atoms with Gasteiger partial charge >= 0.3 is 5.97 Å². The predicted octanol–water partition coefficient (Wildman–Crippen LogP) is 3.62. The lowest BCUT2D eigenvalue weighted by molar-refractivity contribution is -0.149. The molecular formula is C23H28N2O4. The van der Waals surface area contributed by atoms with Crippen molar-refractivity contribution in [3.05, 3.63) is 41.4 Å². The van der Waals surface area contributed by atoms with Gasteiger partial charge in [-0.3, -0.25) is 19.6 Å². The minimum atomic E-state index is -0.643. The van der Waals surface area contributed by atoms with Gasteiger partial charge in [-0.25, -0.2) is 0 Å². The van der Waals surface area contributed by atoms with Gasteiger partial charge in [0.25, 0.3) is 0 Å². The van der Waals surface area contributed by atoms with Crippen molar-refractivity contribution < 1.29 is 19.1 Å². The molecule has 4 rings (SSSR count). The fraction of sp³-hybridized carbons (Fsp3) is 0.565. The van der Waals surface area contributed by atoms with Gasteiger partial charge in [-0.1, -0.05) is 19.9 Å². The molecule has 0 radical (unpaired) electrons. The maximum Gasteiger partial charge on any atom is 0.315 e. The number of allylic oxidation sites excluding steroid dienone is 2. The Bertz CT molecular complexity index is 866. The summed E-state index contributed by atoms with van der Waals surface area (Å²) >= 11 is 0. The van der Waals surface area contributed by atoms with Crippen LogP contribution in [0.25, 0.3) is 0 Å². The summed E-state index contributed by atoms with van der Waals surface area (Å²) in [5.74, 6) is -1.40. The van der Waals surface area contributed by atoms with Crippen molar-refractivity contribution in [3.63, 3.8) is 0 Å². The van der Waals surface area contributed by atoms with E-state index in [1.807, 2.05) is 25.1 Å². The molecule has 3 aliphatic rings. The largest absolute Gasteiger partial charge is 0.462 e. The van der Waals surface area contributed by atoms with E-state index in [1.54, 1.807) is 6.20 Å². The van der Waals surface area contributed by atoms with Crippen molar-refractivity contribution in [2.24, 2.45) is 16.3 Å². The molecule has 1 aromatic rings. The van der Waals surface area contributed by atoms with Crippen LogP contribution in [-0.4, -0.2) is 41.8 Å². The van der Waals surface area contributed by atoms with Crippen LogP contribution in [0.1, 0.15) is 58.1 Å². The highest BCUT2D eigenvalue weighted by atomic mass is 16.6. The molecule has 0 amide bonds. The third-order valence-electron chi connectivity index (χ3n) is 6.00. The molecule has 1 aliphatic carbocycles. The number of aliphatic imine (C=N–C) groups is 1. The van der Waals surface area contributed by atoms with Crippen LogP contribution >= 0.6 is 0 Å². The Hall–Kier alpha value is -2.34. The van der Waals surface area contributed by atoms with Crippen LogP contribution in [0.2, 0.25) is 0 Å². The first-order chi connectivity index (χ1) is 13.9. The molecular weight excluding hydrogens is 368 g/mol. The van der Waals surface area contributed by atoms with E-state index in [2.05, 4.69) is 18.8 Å². The number of esters is 1. The van der Waals surface area contributed by atoms with Gasteiger partial charge in [-0.15, -0.1) is 0 Å². The van der Waals surface area contributed by atoms with Gasteiger partial charge in [0.05, 0.1) is 12.0 Å². The first-order valence-electron chi connectivity index (χ1n) is 10.4. The van der Waals surface area contributed by atoms with E-state index in [0.717, 1.165) is 18.5 Å². The maximum atomic E-state index is 13.1. The Labute approximate surface area is 171 Å². The van der Waals surface area contributed by atoms with Crippen LogP contribution in [0.15, 0.2) is 40.7 Å². The number of pyridine rings is 1. The number of carbonyl (C=O) groups excluding carboxylic acids is 2. The van der Waals surface area contributed by atoms with Gasteiger partial charge in [-0.2, -0.15) is 0 Å². The lowest BCUT2D eigenvalue weighted by atomic mass is 9.67. The van der Waals surface area contributed by atoms with Gasteiger partial charge in [-0.05, 0) is 43.7 Å². The summed E-state index contributed by atoms with van der Waals surface area (Å²) in [6.45, 7) is 6.96. The molecule has 1 unspecified atom stereocenters. The minimum Gasteiger partial charge on any atom is -0.462 e. The molecule has 0 bridgehead atoms. The normalized spacial score (nSPS) is 28.7. The Morgan fingerprint density at radius 2 is 2.14 bits per heavy atom. The Morgan fingerprint density at radius 3 is 2.83 bits per heavy atom. The number of ketones is 1. The van der Waals surface area contributed by atoms with Crippen molar-refractivity contribution in [1.82, 2.24) is 4.98 Å². The number of nitrogens with zero attached hydrogens (tertiary/aromatic N) is 2. The molecule has 0 aromatic carbocycles. The van der Waals surface area contributed by atoms with Crippen molar-refractivity contribution in [3.8, 4) is 0 Å². The molecule has 154 valence electrons. The summed E-state index contributed by atoms with van der Waals surface area (Å²) < 4.78 is 11.2. The maximum absolute atomic E-state index is 13.1. The zero-order chi connectivity index (χ0) is 20.6. The number of carbonyl (C=O) groups is 2. The predicted molar refractivity (Wildman–Crippen MR) is 109 cm³/mol. The standard InChI is InChI=1S/C23H28N2O4/c1-14-19(22(27)29-13-15-7-6-10-28-15)21(16-8-4-5-9-24-16)20-17(25-14)11-23(2,3)12-18(20)26/h4-5,8-9,15,19,21H,6-7,10-13H2,1-3H3/t15-,19?,21+/m1/s1. The van der Waals surface area contributed by atoms with Gasteiger partial charge in [0.1, 0.15) is 12.5 Å². The second-order valence-corrected chi connectivity index (χ2v) is 9.03. The van der Waals surface area contributed by atoms with E-state index in [1.165, 1.54) is 0 Å². The van der Waals surface area contributed by atoms with Crippen LogP contribution < -0.4 is 0 Å². The summed E-state index contributed by atoms with van der Waals surface area (Å²) in [5.41, 5.74) is 2.68. The molecule has 1 aromatic heterocycles. The summed E-state index contributed by atoms with van der Waals surface area (Å²) in [6.07, 6.45) is 4.71. The third kappa shape index (κ3) is 4.04. The molecule has 3 heterocycles. The second-order valence-electron chi connectivity index (χ2n) is 9.03. The fourth-order valence-electron chi connectivity index (χ4n) is 4.67. The van der Waals surface area contributed by atoms with Crippen LogP contribution in [0, 0.1) is 11.3 Å². The highest BCUT2D eigenvalue weighted by molar-refractivity contribution is 6.08. The van der Waals surface area contributed by atoms with E-state index >= 15 is 0 Å². The Morgan fingerprint density at radius 1 is 1.31 bits per heavy atom. The van der Waals surface area contributed by atoms with E-state index in [4.69, 9.17) is 14.5 Å². The lowest BCUT2D eigenvalue weighted by Crippen LogP contribution is -2.40. The van der Waals surface area contributed by atoms with E-state index < -0.39 is 11.8 Å². The number of hydrogen-bond acceptors (Lipinski definition) is 6. The highest BCUT2D eigenvalue weighted by Crippen LogP contribution is 2.47. The zero-order valence-corrected chi connectivity index (χ0v) is 17.3. The Balaban J connectivity index is 1.69. The fourth-order valence-corrected chi connectivity index (χ4v) is 4.67. The number of rotatable bonds is 4. The lowest BCUT2D eigenvalue weighted by Gasteiger charge is -2.38. The summed E-state index contributed by atoms with van der Waals surface area (Å²) in [6, 6.07) is 5.59. The van der Waals surface area contributed by atoms with Gasteiger partial charge in [0.2, 0.25) is 0 Å². The van der Waals surface area contributed by atoms with E-state index in [9.17, 15) is 9.59 Å². The topological polar surface area (TPSA) is 77.9 Å². The third-order valence-corrected chi connectivity index (χ3v) is 6.00. The number of ether oxygens (including phenoxy) is 2. The smallest absolute Gasteiger partial charge is 0.315 e. The molecule has 0 saturated carbocycles. The molecule has 29 heavy (non-hydrogen) atoms. The summed E-state index contributed by atoms with van der Waals surface area (Å²) in [5, 5.41) is 0. The van der Waals surface area contributed by atoms with Crippen LogP contribution in [0.5, 0.6) is 0 Å². The quantitative estimate of drug-likeness (QED) is 0.727. The summed E-state index contributed by atoms with van der Waals surface area (Å²) in [4.78, 5) is 35.5. The van der Waals surface area contributed by atoms with Gasteiger partial charge in [0.15, 0.2) is 5.78 Å². The SMILES string of the molecule is CC1=NC2=C(C(=O)CC(C)(C)C2)[C@@H](c2ccccn2)C1C(=O)OC[C@H]1CCCO1. The average Bonchev–Trinajstić information content (AvgIpc) is 3.18. The molecule has 6 heteroatoms. The van der Waals surface area contributed by atoms with Crippen molar-refractivity contribution in [1.29, 1.82) is 0 Å². The van der Waals surface area contributed by atoms with Gasteiger partial charge in [0, 0.05) is 41.9 Å². The molecule has 2 aliphatic heterocycles. The van der Waals surface area contributed by atoms with Crippen LogP contribution in [-0.2, 0) is 19.1 Å². The highest BCUT2D eigenvalue weighted by Gasteiger charge is 2.46. The molecule has 0 N–H and O–H groups in total. The first kappa shape index (κ1) is 20.0. The number of Topliss-reactive ketones (excluding diaryl/α,β-unsaturated/α-hetero) is 1. The molecule has 3 atom stereocenters. The van der Waals surface area contributed by atoms with Crippen molar-refractivity contribution in [2.45, 2.75) is 58.5 Å². The monoisotopic (exact) mass is 396 g/mol. The Kier molecular flexibility index (Phi) is 5.38. The summed E-state index contributed by atoms with van der Waals surface area (Å²) in [7, 11) is 0.